The third-order valence-corrected chi connectivity index (χ3v) is 14.2. The van der Waals surface area contributed by atoms with Crippen molar-refractivity contribution < 1.29 is 29.6 Å². The van der Waals surface area contributed by atoms with Crippen LogP contribution in [0.15, 0.2) is 71.3 Å². The van der Waals surface area contributed by atoms with Gasteiger partial charge in [0.15, 0.2) is 0 Å². The van der Waals surface area contributed by atoms with Gasteiger partial charge in [0, 0.05) is 12.5 Å². The van der Waals surface area contributed by atoms with E-state index in [0.29, 0.717) is 42.7 Å². The highest BCUT2D eigenvalue weighted by atomic mass is 16.5. The highest BCUT2D eigenvalue weighted by Gasteiger charge is 2.70. The van der Waals surface area contributed by atoms with Gasteiger partial charge in [-0.3, -0.25) is 4.79 Å². The van der Waals surface area contributed by atoms with Crippen molar-refractivity contribution >= 4 is 17.5 Å². The number of benzene rings is 2. The molecule has 0 heterocycles. The average Bonchev–Trinajstić information content (AvgIpc) is 3.32. The number of carboxylic acid groups (broad SMARTS) is 1. The lowest BCUT2D eigenvalue weighted by atomic mass is 9.36. The highest BCUT2D eigenvalue weighted by Crippen LogP contribution is 2.74. The maximum Gasteiger partial charge on any atom is 0.331 e. The van der Waals surface area contributed by atoms with E-state index in [-0.39, 0.29) is 40.1 Å². The average molecular weight is 669 g/mol. The molecule has 0 spiro atoms. The molecule has 49 heavy (non-hydrogen) atoms. The van der Waals surface area contributed by atoms with Crippen LogP contribution in [0.2, 0.25) is 0 Å². The van der Waals surface area contributed by atoms with Gasteiger partial charge < -0.3 is 20.1 Å². The Morgan fingerprint density at radius 2 is 1.55 bits per heavy atom. The van der Waals surface area contributed by atoms with Crippen LogP contribution in [0.25, 0.3) is 16.7 Å². The fraction of sp³-hybridized carbons (Fsp3) is 0.581. The van der Waals surface area contributed by atoms with E-state index in [1.165, 1.54) is 6.92 Å². The van der Waals surface area contributed by atoms with Crippen LogP contribution in [0.5, 0.6) is 0 Å². The van der Waals surface area contributed by atoms with E-state index in [9.17, 15) is 24.9 Å². The van der Waals surface area contributed by atoms with Crippen LogP contribution in [-0.4, -0.2) is 45.6 Å². The number of ether oxygens (including phenoxy) is 1. The molecule has 4 aliphatic rings. The van der Waals surface area contributed by atoms with E-state index in [4.69, 9.17) is 4.74 Å². The number of carbonyl (C=O) groups is 2. The molecule has 3 N–H and O–H groups in total. The van der Waals surface area contributed by atoms with Gasteiger partial charge in [0.05, 0.1) is 12.2 Å². The fourth-order valence-electron chi connectivity index (χ4n) is 11.7. The van der Waals surface area contributed by atoms with Crippen molar-refractivity contribution in [1.29, 1.82) is 0 Å². The number of carboxylic acids is 1. The second kappa shape index (κ2) is 13.2. The number of aliphatic hydroxyl groups excluding tert-OH is 2. The van der Waals surface area contributed by atoms with E-state index in [2.05, 4.69) is 77.9 Å². The van der Waals surface area contributed by atoms with Gasteiger partial charge in [-0.05, 0) is 139 Å². The molecule has 0 amide bonds. The zero-order valence-corrected chi connectivity index (χ0v) is 30.5. The number of aliphatic hydroxyl groups is 2. The Hall–Kier alpha value is -3.22. The van der Waals surface area contributed by atoms with Crippen molar-refractivity contribution in [2.45, 2.75) is 118 Å². The molecule has 2 aromatic carbocycles. The van der Waals surface area contributed by atoms with Crippen LogP contribution in [0.4, 0.5) is 0 Å². The molecule has 0 saturated heterocycles. The number of aliphatic carboxylic acids is 1. The topological polar surface area (TPSA) is 104 Å². The summed E-state index contributed by atoms with van der Waals surface area (Å²) < 4.78 is 6.05. The van der Waals surface area contributed by atoms with Gasteiger partial charge in [0.1, 0.15) is 6.10 Å². The zero-order valence-electron chi connectivity index (χ0n) is 30.5. The van der Waals surface area contributed by atoms with Crippen LogP contribution in [0, 0.1) is 39.9 Å². The summed E-state index contributed by atoms with van der Waals surface area (Å²) in [5.74, 6) is -1.11. The van der Waals surface area contributed by atoms with Crippen LogP contribution < -0.4 is 0 Å². The Bertz CT molecular complexity index is 1650. The minimum Gasteiger partial charge on any atom is -0.478 e. The number of fused-ring (bicyclic) bond motifs is 5. The van der Waals surface area contributed by atoms with Crippen LogP contribution in [0.1, 0.15) is 105 Å². The Morgan fingerprint density at radius 3 is 2.20 bits per heavy atom. The van der Waals surface area contributed by atoms with Crippen molar-refractivity contribution in [2.24, 2.45) is 39.9 Å². The molecule has 0 bridgehead atoms. The predicted octanol–water partition coefficient (Wildman–Crippen LogP) is 8.86. The van der Waals surface area contributed by atoms with Crippen molar-refractivity contribution in [1.82, 2.24) is 0 Å². The maximum absolute atomic E-state index is 13.3. The molecule has 10 atom stereocenters. The van der Waals surface area contributed by atoms with Gasteiger partial charge >= 0.3 is 11.9 Å². The fourth-order valence-corrected chi connectivity index (χ4v) is 11.7. The van der Waals surface area contributed by atoms with Crippen molar-refractivity contribution in [3.63, 3.8) is 0 Å². The van der Waals surface area contributed by atoms with E-state index < -0.39 is 24.1 Å². The first-order valence-corrected chi connectivity index (χ1v) is 18.4. The van der Waals surface area contributed by atoms with E-state index >= 15 is 0 Å². The van der Waals surface area contributed by atoms with Gasteiger partial charge in [-0.15, -0.1) is 0 Å². The molecule has 6 rings (SSSR count). The zero-order chi connectivity index (χ0) is 35.5. The number of hydrogen-bond acceptors (Lipinski definition) is 5. The normalized spacial score (nSPS) is 37.7. The number of rotatable bonds is 7. The molecule has 4 fully saturated rings. The minimum atomic E-state index is -0.977. The highest BCUT2D eigenvalue weighted by molar-refractivity contribution is 5.89. The molecule has 2 unspecified atom stereocenters. The summed E-state index contributed by atoms with van der Waals surface area (Å²) in [5.41, 5.74) is 5.78. The van der Waals surface area contributed by atoms with Gasteiger partial charge in [-0.25, -0.2) is 4.79 Å². The molecule has 0 aliphatic heterocycles. The van der Waals surface area contributed by atoms with Crippen LogP contribution in [-0.2, 0) is 14.3 Å². The quantitative estimate of drug-likeness (QED) is 0.201. The van der Waals surface area contributed by atoms with Gasteiger partial charge in [-0.2, -0.15) is 0 Å². The Kier molecular flexibility index (Phi) is 9.56. The first-order chi connectivity index (χ1) is 23.1. The van der Waals surface area contributed by atoms with Crippen LogP contribution in [0.3, 0.4) is 0 Å². The number of esters is 1. The Balaban J connectivity index is 1.39. The summed E-state index contributed by atoms with van der Waals surface area (Å²) in [6.45, 7) is 14.7. The first-order valence-electron chi connectivity index (χ1n) is 18.4. The molecule has 4 aliphatic carbocycles. The van der Waals surface area contributed by atoms with E-state index in [0.717, 1.165) is 53.5 Å². The lowest BCUT2D eigenvalue weighted by Gasteiger charge is -2.69. The Labute approximate surface area is 292 Å². The SMILES string of the molecule is CC(=O)O[C@H]1C[C@@]2(C)C(C[C@@H](O)[C@H]3[C@@]4(C)CC[C@@H](O)[C@@H](C)C4CC[C@@]32C)/C1=C(\CCC(=C(C)C)c1cccc(-c2ccccc2)c1)C(=O)O. The van der Waals surface area contributed by atoms with Crippen molar-refractivity contribution in [3.8, 4) is 11.1 Å². The second-order valence-corrected chi connectivity index (χ2v) is 16.8. The third-order valence-electron chi connectivity index (χ3n) is 14.2. The smallest absolute Gasteiger partial charge is 0.331 e. The summed E-state index contributed by atoms with van der Waals surface area (Å²) in [6, 6.07) is 18.7. The largest absolute Gasteiger partial charge is 0.478 e. The van der Waals surface area contributed by atoms with Crippen LogP contribution >= 0.6 is 0 Å². The van der Waals surface area contributed by atoms with Gasteiger partial charge in [-0.1, -0.05) is 81.8 Å². The third kappa shape index (κ3) is 5.91. The summed E-state index contributed by atoms with van der Waals surface area (Å²) >= 11 is 0. The predicted molar refractivity (Wildman–Crippen MR) is 193 cm³/mol. The molecule has 6 heteroatoms. The summed E-state index contributed by atoms with van der Waals surface area (Å²) in [6.07, 6.45) is 3.72. The summed E-state index contributed by atoms with van der Waals surface area (Å²) in [4.78, 5) is 25.9. The van der Waals surface area contributed by atoms with E-state index in [1.54, 1.807) is 0 Å². The molecule has 4 saturated carbocycles. The van der Waals surface area contributed by atoms with E-state index in [1.807, 2.05) is 18.2 Å². The molecule has 0 radical (unpaired) electrons. The second-order valence-electron chi connectivity index (χ2n) is 16.8. The minimum absolute atomic E-state index is 0.00900. The number of hydrogen-bond donors (Lipinski definition) is 3. The first kappa shape index (κ1) is 35.6. The lowest BCUT2D eigenvalue weighted by molar-refractivity contribution is -0.234. The number of carbonyl (C=O) groups excluding carboxylic acids is 1. The lowest BCUT2D eigenvalue weighted by Crippen LogP contribution is -2.65. The molecule has 6 nitrogen and oxygen atoms in total. The molecule has 264 valence electrons. The standard InChI is InChI=1S/C43H56O6/c1-25(2)31(30-15-11-14-29(22-30)28-12-9-8-10-13-28)16-17-32(40(47)48)38-34-23-36(46)39-41(5)20-19-35(45)26(3)33(41)18-21-42(39,6)43(34,7)24-37(38)49-27(4)44/h8-15,22,26,33-37,39,45-46H,16-21,23-24H2,1-7H3,(H,47,48)/b38-32-/t26-,33?,34?,35+,36+,37-,39-,41-,42-,43-/m0/s1. The maximum atomic E-state index is 13.3. The number of allylic oxidation sites excluding steroid dienone is 2. The van der Waals surface area contributed by atoms with Crippen molar-refractivity contribution in [3.05, 3.63) is 76.9 Å². The summed E-state index contributed by atoms with van der Waals surface area (Å²) in [7, 11) is 0. The summed E-state index contributed by atoms with van der Waals surface area (Å²) in [5, 5.41) is 33.9. The van der Waals surface area contributed by atoms with Gasteiger partial charge in [0.25, 0.3) is 0 Å². The molecular formula is C43H56O6. The Morgan fingerprint density at radius 1 is 0.857 bits per heavy atom. The monoisotopic (exact) mass is 668 g/mol. The van der Waals surface area contributed by atoms with Gasteiger partial charge in [0.2, 0.25) is 0 Å². The molecule has 0 aromatic heterocycles. The molecule has 2 aromatic rings. The molecular weight excluding hydrogens is 612 g/mol. The van der Waals surface area contributed by atoms with Crippen molar-refractivity contribution in [2.75, 3.05) is 0 Å².